The SMILES string of the molecule is NC1=NCC(c2ccc(Br)cc2Cl)N1c1cccc(Br)c1. The van der Waals surface area contributed by atoms with Crippen molar-refractivity contribution in [2.75, 3.05) is 11.4 Å². The van der Waals surface area contributed by atoms with Crippen LogP contribution in [0.4, 0.5) is 5.69 Å². The van der Waals surface area contributed by atoms with Gasteiger partial charge in [-0.2, -0.15) is 0 Å². The highest BCUT2D eigenvalue weighted by atomic mass is 79.9. The van der Waals surface area contributed by atoms with Gasteiger partial charge in [0.05, 0.1) is 12.6 Å². The van der Waals surface area contributed by atoms with Crippen molar-refractivity contribution in [1.29, 1.82) is 0 Å². The molecule has 0 saturated heterocycles. The van der Waals surface area contributed by atoms with E-state index in [1.54, 1.807) is 0 Å². The minimum Gasteiger partial charge on any atom is -0.369 e. The smallest absolute Gasteiger partial charge is 0.196 e. The van der Waals surface area contributed by atoms with Crippen molar-refractivity contribution in [1.82, 2.24) is 0 Å². The van der Waals surface area contributed by atoms with Gasteiger partial charge in [0, 0.05) is 19.7 Å². The number of nitrogens with two attached hydrogens (primary N) is 1. The van der Waals surface area contributed by atoms with E-state index in [1.807, 2.05) is 47.4 Å². The molecule has 1 aliphatic rings. The van der Waals surface area contributed by atoms with Gasteiger partial charge in [0.2, 0.25) is 0 Å². The van der Waals surface area contributed by atoms with Crippen LogP contribution in [0.5, 0.6) is 0 Å². The van der Waals surface area contributed by atoms with Gasteiger partial charge >= 0.3 is 0 Å². The summed E-state index contributed by atoms with van der Waals surface area (Å²) in [6.07, 6.45) is 0. The fourth-order valence-corrected chi connectivity index (χ4v) is 3.63. The Hall–Kier alpha value is -1.04. The van der Waals surface area contributed by atoms with E-state index in [4.69, 9.17) is 17.3 Å². The lowest BCUT2D eigenvalue weighted by atomic mass is 10.1. The second-order valence-electron chi connectivity index (χ2n) is 4.73. The van der Waals surface area contributed by atoms with Crippen molar-refractivity contribution in [3.63, 3.8) is 0 Å². The van der Waals surface area contributed by atoms with E-state index in [-0.39, 0.29) is 6.04 Å². The van der Waals surface area contributed by atoms with Gasteiger partial charge in [-0.15, -0.1) is 0 Å². The number of anilines is 1. The van der Waals surface area contributed by atoms with Crippen LogP contribution >= 0.6 is 43.5 Å². The van der Waals surface area contributed by atoms with E-state index in [1.165, 1.54) is 0 Å². The molecule has 3 nitrogen and oxygen atoms in total. The lowest BCUT2D eigenvalue weighted by Gasteiger charge is -2.27. The monoisotopic (exact) mass is 427 g/mol. The minimum atomic E-state index is 0.0138. The Morgan fingerprint density at radius 1 is 1.14 bits per heavy atom. The van der Waals surface area contributed by atoms with Gasteiger partial charge in [0.25, 0.3) is 0 Å². The van der Waals surface area contributed by atoms with Crippen molar-refractivity contribution in [3.8, 4) is 0 Å². The molecule has 2 aromatic rings. The molecular weight excluding hydrogens is 417 g/mol. The summed E-state index contributed by atoms with van der Waals surface area (Å²) in [7, 11) is 0. The average molecular weight is 430 g/mol. The summed E-state index contributed by atoms with van der Waals surface area (Å²) in [5.41, 5.74) is 8.09. The molecule has 0 aromatic heterocycles. The molecule has 0 aliphatic carbocycles. The number of aliphatic imine (C=N–C) groups is 1. The fourth-order valence-electron chi connectivity index (χ4n) is 2.44. The van der Waals surface area contributed by atoms with E-state index in [9.17, 15) is 0 Å². The van der Waals surface area contributed by atoms with Gasteiger partial charge < -0.3 is 10.6 Å². The maximum atomic E-state index is 6.38. The Kier molecular flexibility index (Phi) is 4.24. The molecular formula is C15H12Br2ClN3. The van der Waals surface area contributed by atoms with E-state index in [0.29, 0.717) is 17.5 Å². The second-order valence-corrected chi connectivity index (χ2v) is 6.97. The standard InChI is InChI=1S/C15H12Br2ClN3/c16-9-2-1-3-11(6-9)21-14(8-20-15(21)19)12-5-4-10(17)7-13(12)18/h1-7,14H,8H2,(H2,19,20). The number of nitrogens with zero attached hydrogens (tertiary/aromatic N) is 2. The first kappa shape index (κ1) is 14.9. The van der Waals surface area contributed by atoms with Crippen LogP contribution in [-0.2, 0) is 0 Å². The lowest BCUT2D eigenvalue weighted by Crippen LogP contribution is -2.36. The van der Waals surface area contributed by atoms with Crippen molar-refractivity contribution in [2.24, 2.45) is 10.7 Å². The predicted molar refractivity (Wildman–Crippen MR) is 95.0 cm³/mol. The highest BCUT2D eigenvalue weighted by molar-refractivity contribution is 9.10. The molecule has 108 valence electrons. The first-order valence-electron chi connectivity index (χ1n) is 6.36. The molecule has 0 saturated carbocycles. The summed E-state index contributed by atoms with van der Waals surface area (Å²) in [5, 5.41) is 0.708. The predicted octanol–water partition coefficient (Wildman–Crippen LogP) is 4.74. The maximum absolute atomic E-state index is 6.38. The summed E-state index contributed by atoms with van der Waals surface area (Å²) >= 11 is 13.3. The van der Waals surface area contributed by atoms with Crippen molar-refractivity contribution in [2.45, 2.75) is 6.04 Å². The van der Waals surface area contributed by atoms with Gasteiger partial charge in [-0.05, 0) is 35.9 Å². The third kappa shape index (κ3) is 2.96. The van der Waals surface area contributed by atoms with Gasteiger partial charge in [-0.25, -0.2) is 0 Å². The number of halogens is 3. The van der Waals surface area contributed by atoms with Crippen molar-refractivity contribution < 1.29 is 0 Å². The number of benzene rings is 2. The highest BCUT2D eigenvalue weighted by Gasteiger charge is 2.30. The van der Waals surface area contributed by atoms with Crippen molar-refractivity contribution in [3.05, 3.63) is 62.0 Å². The third-order valence-corrected chi connectivity index (χ3v) is 4.71. The number of hydrogen-bond acceptors (Lipinski definition) is 3. The summed E-state index contributed by atoms with van der Waals surface area (Å²) in [4.78, 5) is 6.39. The molecule has 2 aromatic carbocycles. The number of rotatable bonds is 2. The summed E-state index contributed by atoms with van der Waals surface area (Å²) < 4.78 is 1.96. The summed E-state index contributed by atoms with van der Waals surface area (Å²) in [6, 6.07) is 13.9. The minimum absolute atomic E-state index is 0.0138. The van der Waals surface area contributed by atoms with E-state index >= 15 is 0 Å². The fraction of sp³-hybridized carbons (Fsp3) is 0.133. The largest absolute Gasteiger partial charge is 0.369 e. The summed E-state index contributed by atoms with van der Waals surface area (Å²) in [5.74, 6) is 0.511. The molecule has 1 aliphatic heterocycles. The van der Waals surface area contributed by atoms with Crippen LogP contribution in [0, 0.1) is 0 Å². The van der Waals surface area contributed by atoms with Crippen molar-refractivity contribution >= 4 is 55.1 Å². The van der Waals surface area contributed by atoms with Gasteiger partial charge in [-0.1, -0.05) is 55.6 Å². The van der Waals surface area contributed by atoms with Crippen LogP contribution in [0.3, 0.4) is 0 Å². The second kappa shape index (κ2) is 5.99. The van der Waals surface area contributed by atoms with Crippen LogP contribution in [0.15, 0.2) is 56.4 Å². The molecule has 0 amide bonds. The molecule has 1 unspecified atom stereocenters. The zero-order valence-electron chi connectivity index (χ0n) is 10.9. The van der Waals surface area contributed by atoms with Crippen LogP contribution in [0.1, 0.15) is 11.6 Å². The average Bonchev–Trinajstić information content (AvgIpc) is 2.80. The Labute approximate surface area is 145 Å². The lowest BCUT2D eigenvalue weighted by molar-refractivity contribution is 0.768. The normalized spacial score (nSPS) is 18.0. The molecule has 0 radical (unpaired) electrons. The Morgan fingerprint density at radius 3 is 2.62 bits per heavy atom. The molecule has 0 spiro atoms. The Balaban J connectivity index is 2.03. The highest BCUT2D eigenvalue weighted by Crippen LogP contribution is 2.36. The van der Waals surface area contributed by atoms with Crippen LogP contribution in [0.25, 0.3) is 0 Å². The zero-order valence-corrected chi connectivity index (χ0v) is 14.9. The number of guanidine groups is 1. The molecule has 1 heterocycles. The quantitative estimate of drug-likeness (QED) is 0.749. The molecule has 6 heteroatoms. The third-order valence-electron chi connectivity index (χ3n) is 3.39. The molecule has 0 fully saturated rings. The first-order chi connectivity index (χ1) is 10.1. The molecule has 1 atom stereocenters. The van der Waals surface area contributed by atoms with Crippen LogP contribution < -0.4 is 10.6 Å². The van der Waals surface area contributed by atoms with Crippen LogP contribution in [-0.4, -0.2) is 12.5 Å². The topological polar surface area (TPSA) is 41.6 Å². The summed E-state index contributed by atoms with van der Waals surface area (Å²) in [6.45, 7) is 0.597. The Morgan fingerprint density at radius 2 is 1.90 bits per heavy atom. The molecule has 3 rings (SSSR count). The van der Waals surface area contributed by atoms with E-state index in [2.05, 4.69) is 36.9 Å². The van der Waals surface area contributed by atoms with Gasteiger partial charge in [-0.3, -0.25) is 4.99 Å². The molecule has 21 heavy (non-hydrogen) atoms. The maximum Gasteiger partial charge on any atom is 0.196 e. The van der Waals surface area contributed by atoms with E-state index in [0.717, 1.165) is 20.2 Å². The Bertz CT molecular complexity index is 718. The van der Waals surface area contributed by atoms with E-state index < -0.39 is 0 Å². The molecule has 2 N–H and O–H groups in total. The first-order valence-corrected chi connectivity index (χ1v) is 8.32. The van der Waals surface area contributed by atoms with Crippen LogP contribution in [0.2, 0.25) is 5.02 Å². The number of hydrogen-bond donors (Lipinski definition) is 1. The zero-order chi connectivity index (χ0) is 15.0. The van der Waals surface area contributed by atoms with Gasteiger partial charge in [0.1, 0.15) is 0 Å². The van der Waals surface area contributed by atoms with Gasteiger partial charge in [0.15, 0.2) is 5.96 Å². The molecule has 0 bridgehead atoms.